The van der Waals surface area contributed by atoms with Crippen molar-refractivity contribution in [1.82, 2.24) is 0 Å². The van der Waals surface area contributed by atoms with Gasteiger partial charge in [0.15, 0.2) is 0 Å². The molecule has 40 heavy (non-hydrogen) atoms. The molecule has 0 unspecified atom stereocenters. The third-order valence-corrected chi connectivity index (χ3v) is 12.4. The molecule has 0 fully saturated rings. The zero-order chi connectivity index (χ0) is 27.6. The average molecular weight is 709 g/mol. The van der Waals surface area contributed by atoms with E-state index in [1.165, 1.54) is 13.1 Å². The van der Waals surface area contributed by atoms with Gasteiger partial charge in [-0.05, 0) is 48.5 Å². The van der Waals surface area contributed by atoms with Gasteiger partial charge in [0.25, 0.3) is 0 Å². The van der Waals surface area contributed by atoms with Crippen LogP contribution in [0, 0.1) is 0 Å². The number of nitrogens with zero attached hydrogens (tertiary/aromatic N) is 1. The van der Waals surface area contributed by atoms with E-state index in [0.717, 1.165) is 26.0 Å². The molecular formula is C36H28AsBr2N. The van der Waals surface area contributed by atoms with Crippen LogP contribution in [-0.4, -0.2) is 14.7 Å². The summed E-state index contributed by atoms with van der Waals surface area (Å²) in [4.78, 5) is 2.24. The van der Waals surface area contributed by atoms with Gasteiger partial charge in [-0.1, -0.05) is 52.3 Å². The minimum absolute atomic E-state index is 1.09. The van der Waals surface area contributed by atoms with Gasteiger partial charge in [0.05, 0.1) is 0 Å². The quantitative estimate of drug-likeness (QED) is 0.156. The molecule has 0 radical (unpaired) electrons. The number of hydrogen-bond donors (Lipinski definition) is 0. The first kappa shape index (κ1) is 28.2. The van der Waals surface area contributed by atoms with Crippen LogP contribution in [0.15, 0.2) is 179 Å². The fourth-order valence-corrected chi connectivity index (χ4v) is 9.70. The van der Waals surface area contributed by atoms with E-state index >= 15 is 0 Å². The molecule has 4 heteroatoms. The molecular weight excluding hydrogens is 681 g/mol. The molecule has 0 spiro atoms. The molecule has 0 amide bonds. The van der Waals surface area contributed by atoms with Crippen molar-refractivity contribution in [3.8, 4) is 0 Å². The number of anilines is 3. The van der Waals surface area contributed by atoms with Crippen LogP contribution in [0.5, 0.6) is 0 Å². The molecule has 0 bridgehead atoms. The molecule has 0 aliphatic carbocycles. The van der Waals surface area contributed by atoms with E-state index in [1.54, 1.807) is 0 Å². The normalized spacial score (nSPS) is 10.5. The average Bonchev–Trinajstić information content (AvgIpc) is 3.02. The van der Waals surface area contributed by atoms with Gasteiger partial charge in [0.1, 0.15) is 0 Å². The molecule has 0 saturated heterocycles. The van der Waals surface area contributed by atoms with Crippen molar-refractivity contribution < 1.29 is 0 Å². The molecule has 6 rings (SSSR count). The van der Waals surface area contributed by atoms with Crippen LogP contribution in [0.25, 0.3) is 0 Å². The number of rotatable bonds is 6. The summed E-state index contributed by atoms with van der Waals surface area (Å²) < 4.78 is 6.61. The summed E-state index contributed by atoms with van der Waals surface area (Å²) >= 11 is 5.58. The molecule has 0 aliphatic heterocycles. The van der Waals surface area contributed by atoms with Gasteiger partial charge in [-0.3, -0.25) is 0 Å². The first-order valence-electron chi connectivity index (χ1n) is 13.0. The second kappa shape index (κ2) is 14.3. The van der Waals surface area contributed by atoms with Crippen LogP contribution in [0.2, 0.25) is 0 Å². The molecule has 0 saturated carbocycles. The summed E-state index contributed by atoms with van der Waals surface area (Å²) in [6, 6.07) is 59.7. The van der Waals surface area contributed by atoms with E-state index in [0.29, 0.717) is 0 Å². The van der Waals surface area contributed by atoms with Gasteiger partial charge in [0, 0.05) is 21.5 Å². The molecule has 0 N–H and O–H groups in total. The maximum absolute atomic E-state index is 3.52. The fraction of sp³-hybridized carbons (Fsp3) is 0. The van der Waals surface area contributed by atoms with E-state index in [1.807, 2.05) is 12.1 Å². The van der Waals surface area contributed by atoms with Crippen LogP contribution in [0.1, 0.15) is 0 Å². The van der Waals surface area contributed by atoms with Gasteiger partial charge in [-0.25, -0.2) is 0 Å². The Morgan fingerprint density at radius 1 is 0.325 bits per heavy atom. The van der Waals surface area contributed by atoms with Crippen molar-refractivity contribution >= 4 is 76.6 Å². The summed E-state index contributed by atoms with van der Waals surface area (Å²) in [6.07, 6.45) is 0. The second-order valence-electron chi connectivity index (χ2n) is 8.97. The Balaban J connectivity index is 0.000000161. The molecule has 196 valence electrons. The van der Waals surface area contributed by atoms with E-state index < -0.39 is 14.7 Å². The monoisotopic (exact) mass is 707 g/mol. The van der Waals surface area contributed by atoms with Crippen molar-refractivity contribution in [3.05, 3.63) is 179 Å². The van der Waals surface area contributed by atoms with Gasteiger partial charge >= 0.3 is 133 Å². The standard InChI is InChI=1S/C18H14AsBr.C18H14BrN/c20-18-13-11-17(12-14-18)19(15-7-3-1-4-8-15)16-9-5-2-6-10-16;19-15-11-13-18(14-12-15)20(16-7-3-1-4-8-16)17-9-5-2-6-10-17/h2*1-14H. The van der Waals surface area contributed by atoms with Crippen molar-refractivity contribution in [2.24, 2.45) is 0 Å². The van der Waals surface area contributed by atoms with Gasteiger partial charge in [0.2, 0.25) is 0 Å². The maximum atomic E-state index is 3.52. The van der Waals surface area contributed by atoms with Crippen molar-refractivity contribution in [2.75, 3.05) is 4.90 Å². The van der Waals surface area contributed by atoms with Crippen LogP contribution in [0.4, 0.5) is 17.1 Å². The van der Waals surface area contributed by atoms with E-state index in [9.17, 15) is 0 Å². The Labute approximate surface area is 258 Å². The van der Waals surface area contributed by atoms with Gasteiger partial charge < -0.3 is 4.90 Å². The van der Waals surface area contributed by atoms with E-state index in [-0.39, 0.29) is 0 Å². The third-order valence-electron chi connectivity index (χ3n) is 6.23. The Morgan fingerprint density at radius 2 is 0.625 bits per heavy atom. The molecule has 6 aromatic carbocycles. The van der Waals surface area contributed by atoms with Crippen LogP contribution in [-0.2, 0) is 0 Å². The third kappa shape index (κ3) is 7.43. The predicted molar refractivity (Wildman–Crippen MR) is 181 cm³/mol. The molecule has 0 aromatic heterocycles. The Morgan fingerprint density at radius 3 is 1.02 bits per heavy atom. The molecule has 0 atom stereocenters. The van der Waals surface area contributed by atoms with E-state index in [2.05, 4.69) is 194 Å². The van der Waals surface area contributed by atoms with Crippen LogP contribution in [0.3, 0.4) is 0 Å². The summed E-state index contributed by atoms with van der Waals surface area (Å²) in [5.41, 5.74) is 3.45. The summed E-state index contributed by atoms with van der Waals surface area (Å²) in [5, 5.41) is 0. The summed E-state index contributed by atoms with van der Waals surface area (Å²) in [5.74, 6) is 0. The minimum atomic E-state index is -1.43. The number of hydrogen-bond acceptors (Lipinski definition) is 1. The number of halogens is 2. The van der Waals surface area contributed by atoms with Crippen molar-refractivity contribution in [2.45, 2.75) is 0 Å². The second-order valence-corrected chi connectivity index (χ2v) is 15.5. The number of benzene rings is 6. The fourth-order valence-electron chi connectivity index (χ4n) is 4.38. The van der Waals surface area contributed by atoms with Crippen LogP contribution >= 0.6 is 31.9 Å². The van der Waals surface area contributed by atoms with Crippen molar-refractivity contribution in [1.29, 1.82) is 0 Å². The first-order valence-corrected chi connectivity index (χ1v) is 17.4. The summed E-state index contributed by atoms with van der Waals surface area (Å²) in [6.45, 7) is 0. The molecule has 0 aliphatic rings. The van der Waals surface area contributed by atoms with E-state index in [4.69, 9.17) is 0 Å². The van der Waals surface area contributed by atoms with Crippen LogP contribution < -0.4 is 18.0 Å². The Hall–Kier alpha value is -3.36. The molecule has 1 nitrogen and oxygen atoms in total. The molecule has 0 heterocycles. The van der Waals surface area contributed by atoms with Gasteiger partial charge in [-0.15, -0.1) is 0 Å². The summed E-state index contributed by atoms with van der Waals surface area (Å²) in [7, 11) is 0. The van der Waals surface area contributed by atoms with Gasteiger partial charge in [-0.2, -0.15) is 0 Å². The zero-order valence-corrected chi connectivity index (χ0v) is 26.9. The molecule has 6 aromatic rings. The number of para-hydroxylation sites is 2. The SMILES string of the molecule is Brc1ccc(N(c2ccccc2)c2ccccc2)cc1.Brc1ccc([As](c2ccccc2)c2ccccc2)cc1. The Bertz CT molecular complexity index is 1370. The zero-order valence-electron chi connectivity index (χ0n) is 21.8. The predicted octanol–water partition coefficient (Wildman–Crippen LogP) is 8.88. The topological polar surface area (TPSA) is 3.24 Å². The Kier molecular flexibility index (Phi) is 10.1. The first-order chi connectivity index (χ1) is 19.7. The van der Waals surface area contributed by atoms with Crippen molar-refractivity contribution in [3.63, 3.8) is 0 Å².